The molecule has 1 heterocycles. The quantitative estimate of drug-likeness (QED) is 0.545. The molecule has 28 heavy (non-hydrogen) atoms. The standard InChI is InChI=1S/C23H29NO4/c1-17(2)18(16-23(27)21-10-3-4-12-24-21)7-6-11-22(26)19-8-5-9-20(15-19)28-14-13-25/h3-6,8-10,12,15,17,22-23,25-27H,11,13-14,16H2,1-2H3/t7?,22-,23-/m1/s1. The zero-order valence-corrected chi connectivity index (χ0v) is 16.5. The molecule has 0 aliphatic heterocycles. The molecule has 0 bridgehead atoms. The normalized spacial score (nSPS) is 12.9. The van der Waals surface area contributed by atoms with E-state index in [1.165, 1.54) is 0 Å². The number of rotatable bonds is 10. The SMILES string of the molecule is CC(C)C(=C=CC[C@@H](O)c1cccc(OCCO)c1)C[C@@H](O)c1ccccn1. The first-order valence-corrected chi connectivity index (χ1v) is 9.55. The molecule has 3 N–H and O–H groups in total. The number of ether oxygens (including phenoxy) is 1. The summed E-state index contributed by atoms with van der Waals surface area (Å²) in [5, 5.41) is 29.7. The van der Waals surface area contributed by atoms with Gasteiger partial charge in [-0.25, -0.2) is 0 Å². The number of benzene rings is 1. The molecule has 2 rings (SSSR count). The summed E-state index contributed by atoms with van der Waals surface area (Å²) >= 11 is 0. The highest BCUT2D eigenvalue weighted by Crippen LogP contribution is 2.25. The third-order valence-electron chi connectivity index (χ3n) is 4.37. The second-order valence-electron chi connectivity index (χ2n) is 6.90. The number of aliphatic hydroxyl groups excluding tert-OH is 3. The molecule has 0 saturated heterocycles. The van der Waals surface area contributed by atoms with Crippen molar-refractivity contribution in [3.63, 3.8) is 0 Å². The van der Waals surface area contributed by atoms with Gasteiger partial charge in [0, 0.05) is 19.0 Å². The molecule has 2 aromatic rings. The van der Waals surface area contributed by atoms with E-state index in [-0.39, 0.29) is 19.1 Å². The highest BCUT2D eigenvalue weighted by molar-refractivity contribution is 5.30. The van der Waals surface area contributed by atoms with Gasteiger partial charge in [0.2, 0.25) is 0 Å². The largest absolute Gasteiger partial charge is 0.491 e. The lowest BCUT2D eigenvalue weighted by Gasteiger charge is -2.14. The summed E-state index contributed by atoms with van der Waals surface area (Å²) in [6.45, 7) is 4.28. The zero-order valence-electron chi connectivity index (χ0n) is 16.5. The van der Waals surface area contributed by atoms with Crippen LogP contribution < -0.4 is 4.74 Å². The van der Waals surface area contributed by atoms with Crippen LogP contribution in [0.5, 0.6) is 5.75 Å². The Hall–Kier alpha value is -2.43. The van der Waals surface area contributed by atoms with E-state index >= 15 is 0 Å². The van der Waals surface area contributed by atoms with E-state index in [0.29, 0.717) is 24.3 Å². The summed E-state index contributed by atoms with van der Waals surface area (Å²) in [4.78, 5) is 4.20. The summed E-state index contributed by atoms with van der Waals surface area (Å²) in [5.41, 5.74) is 5.61. The van der Waals surface area contributed by atoms with Crippen molar-refractivity contribution in [2.45, 2.75) is 38.9 Å². The highest BCUT2D eigenvalue weighted by Gasteiger charge is 2.13. The number of hydrogen-bond donors (Lipinski definition) is 3. The van der Waals surface area contributed by atoms with Crippen LogP contribution >= 0.6 is 0 Å². The van der Waals surface area contributed by atoms with Crippen molar-refractivity contribution in [1.82, 2.24) is 4.98 Å². The van der Waals surface area contributed by atoms with Gasteiger partial charge in [0.1, 0.15) is 18.5 Å². The van der Waals surface area contributed by atoms with E-state index < -0.39 is 12.2 Å². The summed E-state index contributed by atoms with van der Waals surface area (Å²) in [7, 11) is 0. The van der Waals surface area contributed by atoms with Gasteiger partial charge in [0.25, 0.3) is 0 Å². The fourth-order valence-electron chi connectivity index (χ4n) is 2.76. The number of aliphatic hydroxyl groups is 3. The second kappa shape index (κ2) is 11.4. The lowest BCUT2D eigenvalue weighted by molar-refractivity contribution is 0.170. The van der Waals surface area contributed by atoms with Crippen LogP contribution in [0.25, 0.3) is 0 Å². The van der Waals surface area contributed by atoms with Crippen molar-refractivity contribution < 1.29 is 20.1 Å². The Kier molecular flexibility index (Phi) is 8.92. The van der Waals surface area contributed by atoms with E-state index in [9.17, 15) is 10.2 Å². The van der Waals surface area contributed by atoms with Gasteiger partial charge in [0.15, 0.2) is 0 Å². The van der Waals surface area contributed by atoms with E-state index in [4.69, 9.17) is 9.84 Å². The van der Waals surface area contributed by atoms with Crippen molar-refractivity contribution in [2.24, 2.45) is 5.92 Å². The first-order valence-electron chi connectivity index (χ1n) is 9.55. The number of hydrogen-bond acceptors (Lipinski definition) is 5. The molecular formula is C23H29NO4. The minimum Gasteiger partial charge on any atom is -0.491 e. The molecule has 0 aliphatic rings. The van der Waals surface area contributed by atoms with Gasteiger partial charge in [-0.3, -0.25) is 4.98 Å². The van der Waals surface area contributed by atoms with Gasteiger partial charge in [-0.1, -0.05) is 32.0 Å². The topological polar surface area (TPSA) is 82.8 Å². The summed E-state index contributed by atoms with van der Waals surface area (Å²) in [6, 6.07) is 12.7. The molecule has 0 saturated carbocycles. The van der Waals surface area contributed by atoms with Crippen LogP contribution in [0.15, 0.2) is 66.0 Å². The lowest BCUT2D eigenvalue weighted by Crippen LogP contribution is -2.04. The summed E-state index contributed by atoms with van der Waals surface area (Å²) in [6.07, 6.45) is 2.98. The van der Waals surface area contributed by atoms with Crippen molar-refractivity contribution in [1.29, 1.82) is 0 Å². The first kappa shape index (κ1) is 21.9. The third-order valence-corrected chi connectivity index (χ3v) is 4.37. The molecule has 2 atom stereocenters. The first-order chi connectivity index (χ1) is 13.5. The molecule has 0 spiro atoms. The molecule has 0 amide bonds. The Morgan fingerprint density at radius 2 is 1.96 bits per heavy atom. The van der Waals surface area contributed by atoms with Crippen molar-refractivity contribution in [3.05, 3.63) is 77.3 Å². The van der Waals surface area contributed by atoms with Crippen LogP contribution in [-0.4, -0.2) is 33.5 Å². The van der Waals surface area contributed by atoms with Crippen LogP contribution in [0.3, 0.4) is 0 Å². The molecule has 1 aromatic heterocycles. The van der Waals surface area contributed by atoms with Crippen LogP contribution in [0.2, 0.25) is 0 Å². The molecule has 5 nitrogen and oxygen atoms in total. The van der Waals surface area contributed by atoms with Gasteiger partial charge in [-0.05, 0) is 47.4 Å². The summed E-state index contributed by atoms with van der Waals surface area (Å²) < 4.78 is 5.38. The Bertz CT molecular complexity index is 782. The fraction of sp³-hybridized carbons (Fsp3) is 0.391. The zero-order chi connectivity index (χ0) is 20.4. The van der Waals surface area contributed by atoms with Crippen molar-refractivity contribution in [2.75, 3.05) is 13.2 Å². The summed E-state index contributed by atoms with van der Waals surface area (Å²) in [5.74, 6) is 0.841. The lowest BCUT2D eigenvalue weighted by atomic mass is 9.96. The minimum absolute atomic E-state index is 0.0529. The van der Waals surface area contributed by atoms with E-state index in [2.05, 4.69) is 24.6 Å². The predicted octanol–water partition coefficient (Wildman–Crippen LogP) is 3.74. The van der Waals surface area contributed by atoms with Crippen molar-refractivity contribution >= 4 is 0 Å². The minimum atomic E-state index is -0.681. The fourth-order valence-corrected chi connectivity index (χ4v) is 2.76. The second-order valence-corrected chi connectivity index (χ2v) is 6.90. The van der Waals surface area contributed by atoms with Gasteiger partial charge in [-0.15, -0.1) is 5.73 Å². The molecular weight excluding hydrogens is 354 g/mol. The maximum absolute atomic E-state index is 10.4. The van der Waals surface area contributed by atoms with E-state index in [1.54, 1.807) is 18.3 Å². The Balaban J connectivity index is 2.04. The van der Waals surface area contributed by atoms with Crippen molar-refractivity contribution in [3.8, 4) is 5.75 Å². The molecule has 0 radical (unpaired) electrons. The van der Waals surface area contributed by atoms with Gasteiger partial charge in [-0.2, -0.15) is 0 Å². The van der Waals surface area contributed by atoms with Gasteiger partial charge >= 0.3 is 0 Å². The number of aromatic nitrogens is 1. The maximum Gasteiger partial charge on any atom is 0.119 e. The molecule has 0 unspecified atom stereocenters. The average Bonchev–Trinajstić information content (AvgIpc) is 2.72. The molecule has 0 fully saturated rings. The van der Waals surface area contributed by atoms with Gasteiger partial charge < -0.3 is 20.1 Å². The Labute approximate surface area is 166 Å². The number of nitrogens with zero attached hydrogens (tertiary/aromatic N) is 1. The average molecular weight is 383 g/mol. The van der Waals surface area contributed by atoms with E-state index in [1.807, 2.05) is 36.4 Å². The number of pyridine rings is 1. The molecule has 150 valence electrons. The predicted molar refractivity (Wildman–Crippen MR) is 109 cm³/mol. The third kappa shape index (κ3) is 6.95. The molecule has 5 heteroatoms. The Morgan fingerprint density at radius 1 is 1.14 bits per heavy atom. The van der Waals surface area contributed by atoms with E-state index in [0.717, 1.165) is 11.1 Å². The van der Waals surface area contributed by atoms with Crippen LogP contribution in [0, 0.1) is 5.92 Å². The monoisotopic (exact) mass is 383 g/mol. The maximum atomic E-state index is 10.4. The van der Waals surface area contributed by atoms with Crippen LogP contribution in [0.1, 0.15) is 50.2 Å². The van der Waals surface area contributed by atoms with Gasteiger partial charge in [0.05, 0.1) is 18.4 Å². The highest BCUT2D eigenvalue weighted by atomic mass is 16.5. The molecule has 0 aliphatic carbocycles. The van der Waals surface area contributed by atoms with Crippen LogP contribution in [-0.2, 0) is 0 Å². The Morgan fingerprint density at radius 3 is 2.64 bits per heavy atom. The molecule has 1 aromatic carbocycles. The van der Waals surface area contributed by atoms with Crippen LogP contribution in [0.4, 0.5) is 0 Å². The smallest absolute Gasteiger partial charge is 0.119 e.